The molecule has 1 aliphatic rings. The van der Waals surface area contributed by atoms with Gasteiger partial charge in [0.15, 0.2) is 5.43 Å². The summed E-state index contributed by atoms with van der Waals surface area (Å²) in [5.41, 5.74) is -0.150. The second-order valence-corrected chi connectivity index (χ2v) is 6.26. The number of benzene rings is 2. The Bertz CT molecular complexity index is 958. The molecular weight excluding hydrogens is 316 g/mol. The Morgan fingerprint density at radius 3 is 2.78 bits per heavy atom. The summed E-state index contributed by atoms with van der Waals surface area (Å²) in [5.74, 6) is 0.219. The highest BCUT2D eigenvalue weighted by Crippen LogP contribution is 2.30. The van der Waals surface area contributed by atoms with Crippen molar-refractivity contribution in [2.75, 3.05) is 13.2 Å². The molecule has 0 bridgehead atoms. The quantitative estimate of drug-likeness (QED) is 0.319. The van der Waals surface area contributed by atoms with Crippen molar-refractivity contribution in [2.24, 2.45) is 0 Å². The van der Waals surface area contributed by atoms with E-state index in [0.29, 0.717) is 17.4 Å². The van der Waals surface area contributed by atoms with Gasteiger partial charge in [0.25, 0.3) is 0 Å². The number of hydrogen-bond acceptors (Lipinski definition) is 6. The summed E-state index contributed by atoms with van der Waals surface area (Å²) >= 11 is 1.48. The molecule has 1 fully saturated rings. The zero-order valence-electron chi connectivity index (χ0n) is 12.0. The lowest BCUT2D eigenvalue weighted by atomic mass is 10.1. The van der Waals surface area contributed by atoms with Gasteiger partial charge in [0.1, 0.15) is 18.5 Å². The van der Waals surface area contributed by atoms with Gasteiger partial charge in [0, 0.05) is 14.8 Å². The topological polar surface area (TPSA) is 65.1 Å². The predicted molar refractivity (Wildman–Crippen MR) is 87.3 cm³/mol. The third-order valence-corrected chi connectivity index (χ3v) is 4.69. The van der Waals surface area contributed by atoms with Crippen LogP contribution in [-0.2, 0) is 9.47 Å². The Kier molecular flexibility index (Phi) is 3.48. The summed E-state index contributed by atoms with van der Waals surface area (Å²) in [5, 5.41) is 1.01. The van der Waals surface area contributed by atoms with E-state index >= 15 is 0 Å². The van der Waals surface area contributed by atoms with E-state index in [-0.39, 0.29) is 23.9 Å². The molecule has 0 radical (unpaired) electrons. The summed E-state index contributed by atoms with van der Waals surface area (Å²) in [7, 11) is 0. The van der Waals surface area contributed by atoms with E-state index in [0.717, 1.165) is 9.40 Å². The maximum atomic E-state index is 12.7. The molecule has 2 aromatic carbocycles. The van der Waals surface area contributed by atoms with E-state index in [1.165, 1.54) is 11.3 Å². The molecule has 1 unspecified atom stereocenters. The van der Waals surface area contributed by atoms with Crippen molar-refractivity contribution in [3.63, 3.8) is 0 Å². The van der Waals surface area contributed by atoms with Crippen LogP contribution in [0.1, 0.15) is 0 Å². The van der Waals surface area contributed by atoms with Gasteiger partial charge in [-0.1, -0.05) is 18.2 Å². The third kappa shape index (κ3) is 2.78. The molecule has 0 amide bonds. The minimum atomic E-state index is -0.828. The molecule has 1 saturated heterocycles. The molecule has 1 atom stereocenters. The normalized spacial score (nSPS) is 16.4. The molecule has 2 heterocycles. The number of rotatable bonds is 3. The van der Waals surface area contributed by atoms with Crippen LogP contribution in [0.25, 0.3) is 20.2 Å². The highest BCUT2D eigenvalue weighted by molar-refractivity contribution is 7.24. The maximum Gasteiger partial charge on any atom is 0.513 e. The van der Waals surface area contributed by atoms with Crippen LogP contribution in [-0.4, -0.2) is 25.5 Å². The van der Waals surface area contributed by atoms with Gasteiger partial charge in [-0.15, -0.1) is 11.3 Å². The molecule has 0 aliphatic carbocycles. The van der Waals surface area contributed by atoms with E-state index in [4.69, 9.17) is 14.2 Å². The highest BCUT2D eigenvalue weighted by Gasteiger charge is 2.25. The average molecular weight is 328 g/mol. The molecule has 1 aliphatic heterocycles. The second kappa shape index (κ2) is 5.64. The summed E-state index contributed by atoms with van der Waals surface area (Å²) in [6.07, 6.45) is -0.859. The Morgan fingerprint density at radius 1 is 1.17 bits per heavy atom. The zero-order chi connectivity index (χ0) is 15.8. The number of carbonyl (C=O) groups is 1. The number of carbonyl (C=O) groups excluding carboxylic acids is 1. The Hall–Kier alpha value is -2.44. The molecule has 116 valence electrons. The van der Waals surface area contributed by atoms with Gasteiger partial charge < -0.3 is 14.2 Å². The highest BCUT2D eigenvalue weighted by atomic mass is 32.1. The van der Waals surface area contributed by atoms with Crippen molar-refractivity contribution >= 4 is 37.7 Å². The van der Waals surface area contributed by atoms with Crippen molar-refractivity contribution in [2.45, 2.75) is 6.10 Å². The standard InChI is InChI=1S/C17H12O5S/c18-16-11-4-1-2-6-13(11)23-14-7-3-5-12(15(14)16)22-17(19)21-9-10-8-20-10/h1-7,10H,8-9H2. The smallest absolute Gasteiger partial charge is 0.431 e. The summed E-state index contributed by atoms with van der Waals surface area (Å²) < 4.78 is 16.8. The summed E-state index contributed by atoms with van der Waals surface area (Å²) in [4.78, 5) is 24.5. The SMILES string of the molecule is O=C(OCC1CO1)Oc1cccc2sc3ccccc3c(=O)c12. The summed E-state index contributed by atoms with van der Waals surface area (Å²) in [6, 6.07) is 12.6. The first-order chi connectivity index (χ1) is 11.2. The van der Waals surface area contributed by atoms with Crippen LogP contribution < -0.4 is 10.2 Å². The van der Waals surface area contributed by atoms with Crippen molar-refractivity contribution in [3.8, 4) is 5.75 Å². The Morgan fingerprint density at radius 2 is 1.96 bits per heavy atom. The van der Waals surface area contributed by atoms with Crippen molar-refractivity contribution in [1.82, 2.24) is 0 Å². The van der Waals surface area contributed by atoms with Gasteiger partial charge >= 0.3 is 6.16 Å². The van der Waals surface area contributed by atoms with Gasteiger partial charge in [-0.25, -0.2) is 4.79 Å². The van der Waals surface area contributed by atoms with Crippen LogP contribution >= 0.6 is 11.3 Å². The first-order valence-corrected chi connectivity index (χ1v) is 7.95. The fourth-order valence-corrected chi connectivity index (χ4v) is 3.44. The molecule has 0 N–H and O–H groups in total. The fourth-order valence-electron chi connectivity index (χ4n) is 2.35. The van der Waals surface area contributed by atoms with Gasteiger partial charge in [0.2, 0.25) is 0 Å². The Balaban J connectivity index is 1.75. The second-order valence-electron chi connectivity index (χ2n) is 5.18. The number of epoxide rings is 1. The average Bonchev–Trinajstić information content (AvgIpc) is 3.37. The maximum absolute atomic E-state index is 12.7. The lowest BCUT2D eigenvalue weighted by Gasteiger charge is -2.08. The monoisotopic (exact) mass is 328 g/mol. The lowest BCUT2D eigenvalue weighted by Crippen LogP contribution is -2.15. The molecule has 23 heavy (non-hydrogen) atoms. The molecule has 4 rings (SSSR count). The van der Waals surface area contributed by atoms with Crippen LogP contribution in [0.15, 0.2) is 47.3 Å². The van der Waals surface area contributed by atoms with Crippen LogP contribution in [0, 0.1) is 0 Å². The van der Waals surface area contributed by atoms with E-state index in [9.17, 15) is 9.59 Å². The van der Waals surface area contributed by atoms with Gasteiger partial charge in [-0.3, -0.25) is 4.79 Å². The number of hydrogen-bond donors (Lipinski definition) is 0. The van der Waals surface area contributed by atoms with Crippen LogP contribution in [0.5, 0.6) is 5.75 Å². The fraction of sp³-hybridized carbons (Fsp3) is 0.176. The molecule has 0 saturated carbocycles. The third-order valence-electron chi connectivity index (χ3n) is 3.55. The van der Waals surface area contributed by atoms with E-state index in [2.05, 4.69) is 0 Å². The van der Waals surface area contributed by atoms with Crippen LogP contribution in [0.3, 0.4) is 0 Å². The minimum absolute atomic E-state index is 0.0312. The van der Waals surface area contributed by atoms with Crippen molar-refractivity contribution in [3.05, 3.63) is 52.7 Å². The van der Waals surface area contributed by atoms with Crippen molar-refractivity contribution < 1.29 is 19.0 Å². The molecule has 1 aromatic heterocycles. The molecular formula is C17H12O5S. The first kappa shape index (κ1) is 14.2. The molecule has 5 nitrogen and oxygen atoms in total. The zero-order valence-corrected chi connectivity index (χ0v) is 12.8. The van der Waals surface area contributed by atoms with Crippen LogP contribution in [0.4, 0.5) is 4.79 Å². The predicted octanol–water partition coefficient (Wildman–Crippen LogP) is 3.33. The van der Waals surface area contributed by atoms with Gasteiger partial charge in [-0.05, 0) is 24.3 Å². The van der Waals surface area contributed by atoms with E-state index < -0.39 is 6.16 Å². The van der Waals surface area contributed by atoms with Crippen molar-refractivity contribution in [1.29, 1.82) is 0 Å². The first-order valence-electron chi connectivity index (χ1n) is 7.13. The van der Waals surface area contributed by atoms with Gasteiger partial charge in [0.05, 0.1) is 12.0 Å². The van der Waals surface area contributed by atoms with Crippen LogP contribution in [0.2, 0.25) is 0 Å². The lowest BCUT2D eigenvalue weighted by molar-refractivity contribution is 0.0924. The van der Waals surface area contributed by atoms with E-state index in [1.807, 2.05) is 24.3 Å². The number of fused-ring (bicyclic) bond motifs is 2. The number of ether oxygens (including phenoxy) is 3. The minimum Gasteiger partial charge on any atom is -0.431 e. The van der Waals surface area contributed by atoms with E-state index in [1.54, 1.807) is 18.2 Å². The van der Waals surface area contributed by atoms with Gasteiger partial charge in [-0.2, -0.15) is 0 Å². The largest absolute Gasteiger partial charge is 0.513 e. The summed E-state index contributed by atoms with van der Waals surface area (Å²) in [6.45, 7) is 0.763. The molecule has 0 spiro atoms. The molecule has 3 aromatic rings. The molecule has 6 heteroatoms. The Labute approximate surface area is 135 Å².